The Balaban J connectivity index is 1.77. The summed E-state index contributed by atoms with van der Waals surface area (Å²) < 4.78 is 31.5. The van der Waals surface area contributed by atoms with Gasteiger partial charge in [-0.05, 0) is 31.0 Å². The van der Waals surface area contributed by atoms with Crippen molar-refractivity contribution in [3.8, 4) is 0 Å². The highest BCUT2D eigenvalue weighted by Gasteiger charge is 2.53. The molecule has 0 amide bonds. The number of aromatic amines is 1. The standard InChI is InChI=1S/C17H22B3N5O4S/c1-24-8-10(7-21-24)9-25-14(26)12-6-11(2-3-13(12)22-15(25)27)30(28,29)23-16(4-5-16)17(18,19)20/h2-3,6-8,23H,4-5,9,18-20H2,1H3,(H,22,27). The van der Waals surface area contributed by atoms with Crippen molar-refractivity contribution in [3.63, 3.8) is 0 Å². The van der Waals surface area contributed by atoms with Crippen LogP contribution in [0.4, 0.5) is 0 Å². The molecular weight excluding hydrogens is 403 g/mol. The van der Waals surface area contributed by atoms with Crippen molar-refractivity contribution < 1.29 is 8.42 Å². The van der Waals surface area contributed by atoms with E-state index in [4.69, 9.17) is 0 Å². The minimum Gasteiger partial charge on any atom is -0.307 e. The SMILES string of the molecule is BC(B)(B)C1(NS(=O)(=O)c2ccc3[nH]c(=O)n(Cc4cnn(C)c4)c(=O)c3c2)CC1. The van der Waals surface area contributed by atoms with E-state index < -0.39 is 26.8 Å². The van der Waals surface area contributed by atoms with Crippen LogP contribution >= 0.6 is 0 Å². The first-order chi connectivity index (χ1) is 13.9. The van der Waals surface area contributed by atoms with Gasteiger partial charge in [-0.1, -0.05) is 5.11 Å². The van der Waals surface area contributed by atoms with Gasteiger partial charge in [0, 0.05) is 24.3 Å². The third kappa shape index (κ3) is 3.56. The number of hydrogen-bond donors (Lipinski definition) is 2. The Morgan fingerprint density at radius 1 is 1.27 bits per heavy atom. The van der Waals surface area contributed by atoms with Crippen LogP contribution in [0.2, 0.25) is 5.11 Å². The summed E-state index contributed by atoms with van der Waals surface area (Å²) in [5.74, 6) is 0. The zero-order valence-electron chi connectivity index (χ0n) is 17.4. The fourth-order valence-electron chi connectivity index (χ4n) is 3.72. The Hall–Kier alpha value is -2.53. The summed E-state index contributed by atoms with van der Waals surface area (Å²) >= 11 is 0. The summed E-state index contributed by atoms with van der Waals surface area (Å²) in [5, 5.41) is 3.96. The molecule has 1 fully saturated rings. The number of hydrogen-bond acceptors (Lipinski definition) is 5. The highest BCUT2D eigenvalue weighted by Crippen LogP contribution is 2.50. The molecule has 1 aliphatic carbocycles. The maximum absolute atomic E-state index is 13.0. The first-order valence-corrected chi connectivity index (χ1v) is 11.2. The van der Waals surface area contributed by atoms with Gasteiger partial charge in [-0.15, -0.1) is 0 Å². The van der Waals surface area contributed by atoms with E-state index in [1.165, 1.54) is 18.2 Å². The summed E-state index contributed by atoms with van der Waals surface area (Å²) in [4.78, 5) is 28.1. The van der Waals surface area contributed by atoms with Gasteiger partial charge in [0.05, 0.1) is 52.1 Å². The molecule has 0 unspecified atom stereocenters. The molecule has 13 heteroatoms. The van der Waals surface area contributed by atoms with E-state index in [1.54, 1.807) is 24.1 Å². The molecule has 0 atom stereocenters. The second-order valence-corrected chi connectivity index (χ2v) is 10.7. The normalized spacial score (nSPS) is 16.0. The number of rotatable bonds is 6. The van der Waals surface area contributed by atoms with Crippen molar-refractivity contribution in [2.24, 2.45) is 7.05 Å². The highest BCUT2D eigenvalue weighted by atomic mass is 32.2. The van der Waals surface area contributed by atoms with Crippen LogP contribution in [0.5, 0.6) is 0 Å². The lowest BCUT2D eigenvalue weighted by atomic mass is 9.38. The molecule has 0 bridgehead atoms. The molecule has 0 aliphatic heterocycles. The molecule has 4 rings (SSSR count). The fourth-order valence-corrected chi connectivity index (χ4v) is 5.39. The lowest BCUT2D eigenvalue weighted by Crippen LogP contribution is -2.47. The smallest absolute Gasteiger partial charge is 0.307 e. The Labute approximate surface area is 176 Å². The first-order valence-electron chi connectivity index (χ1n) is 9.70. The number of aryl methyl sites for hydroxylation is 1. The number of benzene rings is 1. The number of nitrogens with one attached hydrogen (secondary N) is 2. The summed E-state index contributed by atoms with van der Waals surface area (Å²) in [5.41, 5.74) is -0.604. The van der Waals surface area contributed by atoms with Crippen LogP contribution in [-0.4, -0.2) is 56.8 Å². The first kappa shape index (κ1) is 20.7. The van der Waals surface area contributed by atoms with E-state index in [2.05, 4.69) is 14.8 Å². The van der Waals surface area contributed by atoms with Crippen LogP contribution in [0.25, 0.3) is 10.9 Å². The van der Waals surface area contributed by atoms with E-state index in [0.29, 0.717) is 11.1 Å². The predicted molar refractivity (Wildman–Crippen MR) is 122 cm³/mol. The second-order valence-electron chi connectivity index (χ2n) is 8.99. The van der Waals surface area contributed by atoms with E-state index in [0.717, 1.165) is 17.4 Å². The molecule has 9 nitrogen and oxygen atoms in total. The molecule has 0 saturated heterocycles. The fraction of sp³-hybridized carbons (Fsp3) is 0.353. The van der Waals surface area contributed by atoms with Crippen LogP contribution in [0.3, 0.4) is 0 Å². The van der Waals surface area contributed by atoms with E-state index >= 15 is 0 Å². The van der Waals surface area contributed by atoms with E-state index in [1.807, 2.05) is 23.5 Å². The van der Waals surface area contributed by atoms with Crippen LogP contribution in [0.15, 0.2) is 45.1 Å². The van der Waals surface area contributed by atoms with Gasteiger partial charge in [0.25, 0.3) is 5.56 Å². The Morgan fingerprint density at radius 3 is 2.53 bits per heavy atom. The summed E-state index contributed by atoms with van der Waals surface area (Å²) in [6.45, 7) is 0.0420. The quantitative estimate of drug-likeness (QED) is 0.416. The van der Waals surface area contributed by atoms with Crippen molar-refractivity contribution in [2.75, 3.05) is 0 Å². The van der Waals surface area contributed by atoms with Crippen molar-refractivity contribution in [1.29, 1.82) is 0 Å². The Bertz CT molecular complexity index is 1370. The number of aromatic nitrogens is 4. The molecule has 1 aliphatic rings. The molecule has 0 spiro atoms. The Morgan fingerprint density at radius 2 is 1.97 bits per heavy atom. The Kier molecular flexibility index (Phi) is 4.66. The lowest BCUT2D eigenvalue weighted by molar-refractivity contribution is 0.542. The molecule has 2 heterocycles. The van der Waals surface area contributed by atoms with Gasteiger partial charge in [-0.2, -0.15) is 5.10 Å². The number of sulfonamides is 1. The molecule has 2 aromatic heterocycles. The van der Waals surface area contributed by atoms with Crippen LogP contribution < -0.4 is 16.0 Å². The molecule has 0 radical (unpaired) electrons. The van der Waals surface area contributed by atoms with E-state index in [-0.39, 0.29) is 21.9 Å². The molecular formula is C17H22B3N5O4S. The molecule has 30 heavy (non-hydrogen) atoms. The van der Waals surface area contributed by atoms with Gasteiger partial charge in [0.2, 0.25) is 10.0 Å². The van der Waals surface area contributed by atoms with Crippen molar-refractivity contribution in [1.82, 2.24) is 24.1 Å². The topological polar surface area (TPSA) is 119 Å². The summed E-state index contributed by atoms with van der Waals surface area (Å²) in [6.07, 6.45) is 4.83. The molecule has 1 saturated carbocycles. The van der Waals surface area contributed by atoms with Gasteiger partial charge < -0.3 is 4.98 Å². The average Bonchev–Trinajstić information content (AvgIpc) is 3.31. The average molecular weight is 425 g/mol. The van der Waals surface area contributed by atoms with Gasteiger partial charge in [0.15, 0.2) is 0 Å². The van der Waals surface area contributed by atoms with E-state index in [9.17, 15) is 18.0 Å². The largest absolute Gasteiger partial charge is 0.329 e. The van der Waals surface area contributed by atoms with Crippen LogP contribution in [0.1, 0.15) is 18.4 Å². The van der Waals surface area contributed by atoms with Crippen LogP contribution in [0, 0.1) is 0 Å². The second kappa shape index (κ2) is 6.74. The monoisotopic (exact) mass is 425 g/mol. The molecule has 2 N–H and O–H groups in total. The van der Waals surface area contributed by atoms with Gasteiger partial charge >= 0.3 is 5.69 Å². The van der Waals surface area contributed by atoms with Crippen LogP contribution in [-0.2, 0) is 23.6 Å². The minimum absolute atomic E-state index is 0.00241. The zero-order valence-corrected chi connectivity index (χ0v) is 18.2. The van der Waals surface area contributed by atoms with Gasteiger partial charge in [0.1, 0.15) is 0 Å². The number of nitrogens with zero attached hydrogens (tertiary/aromatic N) is 3. The number of H-pyrrole nitrogens is 1. The summed E-state index contributed by atoms with van der Waals surface area (Å²) in [7, 11) is 3.93. The van der Waals surface area contributed by atoms with Crippen molar-refractivity contribution in [2.45, 2.75) is 34.9 Å². The molecule has 1 aromatic carbocycles. The maximum Gasteiger partial charge on any atom is 0.329 e. The van der Waals surface area contributed by atoms with Crippen molar-refractivity contribution >= 4 is 44.5 Å². The molecule has 154 valence electrons. The zero-order chi connectivity index (χ0) is 21.9. The van der Waals surface area contributed by atoms with Gasteiger partial charge in [-0.3, -0.25) is 14.0 Å². The third-order valence-corrected chi connectivity index (χ3v) is 7.41. The third-order valence-electron chi connectivity index (χ3n) is 5.88. The maximum atomic E-state index is 13.0. The van der Waals surface area contributed by atoms with Crippen molar-refractivity contribution in [3.05, 3.63) is 57.0 Å². The summed E-state index contributed by atoms with van der Waals surface area (Å²) in [6, 6.07) is 4.19. The van der Waals surface area contributed by atoms with Gasteiger partial charge in [-0.25, -0.2) is 17.9 Å². The number of fused-ring (bicyclic) bond motifs is 1. The predicted octanol–water partition coefficient (Wildman–Crippen LogP) is -2.74. The highest BCUT2D eigenvalue weighted by molar-refractivity contribution is 7.89. The minimum atomic E-state index is -3.83. The lowest BCUT2D eigenvalue weighted by Gasteiger charge is -2.31. The molecule has 3 aromatic rings.